The van der Waals surface area contributed by atoms with Gasteiger partial charge in [-0.1, -0.05) is 72.8 Å². The number of nitriles is 1. The highest BCUT2D eigenvalue weighted by Crippen LogP contribution is 2.58. The van der Waals surface area contributed by atoms with E-state index in [1.54, 1.807) is 49.4 Å². The molecular weight excluding hydrogens is 846 g/mol. The number of amides is 1. The summed E-state index contributed by atoms with van der Waals surface area (Å²) >= 11 is 0. The molecule has 0 saturated carbocycles. The molecule has 6 aromatic rings. The Labute approximate surface area is 380 Å². The molecule has 15 nitrogen and oxygen atoms in total. The minimum absolute atomic E-state index is 0.0243. The lowest BCUT2D eigenvalue weighted by Gasteiger charge is -2.43. The fourth-order valence-electron chi connectivity index (χ4n) is 8.79. The molecule has 8 rings (SSSR count). The number of aromatic nitrogens is 4. The fourth-order valence-corrected chi connectivity index (χ4v) is 10.6. The van der Waals surface area contributed by atoms with Gasteiger partial charge in [0.05, 0.1) is 52.4 Å². The van der Waals surface area contributed by atoms with Gasteiger partial charge in [-0.15, -0.1) is 0 Å². The molecule has 338 valence electrons. The SMILES string of the molecule is COc1ccc(C(OC[C@]23O[C@@H](n4cnc5c(NC(=O)c6ccccc6)ncnc54)[C@H](O[C@H]2C)[C@@H]3OP(OCCC#N)N(C(C)C)C(C)C)(c2ccccc2)c2ccc(OC)cc2)cc1. The van der Waals surface area contributed by atoms with Crippen molar-refractivity contribution in [1.29, 1.82) is 5.26 Å². The third-order valence-corrected chi connectivity index (χ3v) is 14.0. The van der Waals surface area contributed by atoms with Crippen molar-refractivity contribution in [3.8, 4) is 17.6 Å². The van der Waals surface area contributed by atoms with Crippen LogP contribution in [0.3, 0.4) is 0 Å². The van der Waals surface area contributed by atoms with Crippen molar-refractivity contribution in [2.24, 2.45) is 0 Å². The molecule has 16 heteroatoms. The predicted molar refractivity (Wildman–Crippen MR) is 245 cm³/mol. The highest BCUT2D eigenvalue weighted by molar-refractivity contribution is 7.44. The standard InChI is InChI=1S/C49H54N7O8P/c1-32(2)56(33(3)4)65(61-28-14-27-50)64-43-42-47(55-31-53-41-44(51-30-52-45(41)55)54-46(57)35-15-10-8-11-16-35)63-48(43,34(5)62-42)29-60-49(36-17-12-9-13-18-36,37-19-23-39(58-6)24-20-37)38-21-25-40(59-7)26-22-38/h8-13,15-26,30-34,42-43,47H,14,28-29H2,1-7H3,(H,51,52,54,57)/t34-,42+,43-,47+,48-,65?/m0/s1. The van der Waals surface area contributed by atoms with Crippen LogP contribution in [0.25, 0.3) is 11.2 Å². The van der Waals surface area contributed by atoms with Gasteiger partial charge < -0.3 is 38.0 Å². The molecule has 2 aromatic heterocycles. The first-order valence-corrected chi connectivity index (χ1v) is 22.8. The number of fused-ring (bicyclic) bond motifs is 3. The first-order chi connectivity index (χ1) is 31.5. The molecule has 2 saturated heterocycles. The van der Waals surface area contributed by atoms with Gasteiger partial charge in [0.1, 0.15) is 41.2 Å². The van der Waals surface area contributed by atoms with E-state index in [0.717, 1.165) is 16.7 Å². The van der Waals surface area contributed by atoms with Gasteiger partial charge in [0.2, 0.25) is 0 Å². The van der Waals surface area contributed by atoms with Gasteiger partial charge in [0.25, 0.3) is 14.4 Å². The zero-order valence-electron chi connectivity index (χ0n) is 37.5. The Balaban J connectivity index is 1.25. The normalized spacial score (nSPS) is 20.9. The van der Waals surface area contributed by atoms with Crippen LogP contribution in [0.2, 0.25) is 0 Å². The van der Waals surface area contributed by atoms with Crippen molar-refractivity contribution in [3.63, 3.8) is 0 Å². The lowest BCUT2D eigenvalue weighted by atomic mass is 9.79. The molecular formula is C49H54N7O8P. The zero-order valence-corrected chi connectivity index (χ0v) is 38.4. The van der Waals surface area contributed by atoms with Gasteiger partial charge in [-0.05, 0) is 87.7 Å². The number of nitrogens with zero attached hydrogens (tertiary/aromatic N) is 6. The Morgan fingerprint density at radius 3 is 2.06 bits per heavy atom. The maximum Gasteiger partial charge on any atom is 0.259 e. The number of hydrogen-bond acceptors (Lipinski definition) is 13. The van der Waals surface area contributed by atoms with Crippen LogP contribution in [-0.4, -0.2) is 93.5 Å². The summed E-state index contributed by atoms with van der Waals surface area (Å²) in [4.78, 5) is 27.1. The summed E-state index contributed by atoms with van der Waals surface area (Å²) in [7, 11) is 1.50. The Kier molecular flexibility index (Phi) is 13.9. The summed E-state index contributed by atoms with van der Waals surface area (Å²) in [6.45, 7) is 10.5. The third kappa shape index (κ3) is 8.83. The van der Waals surface area contributed by atoms with Crippen LogP contribution in [0.15, 0.2) is 122 Å². The van der Waals surface area contributed by atoms with E-state index in [1.807, 2.05) is 91.9 Å². The van der Waals surface area contributed by atoms with Gasteiger partial charge >= 0.3 is 0 Å². The number of hydrogen-bond donors (Lipinski definition) is 1. The first-order valence-electron chi connectivity index (χ1n) is 21.6. The minimum atomic E-state index is -1.78. The average Bonchev–Trinajstić information content (AvgIpc) is 3.97. The summed E-state index contributed by atoms with van der Waals surface area (Å²) in [6.07, 6.45) is 0.317. The number of anilines is 1. The molecule has 2 aliphatic heterocycles. The number of benzene rings is 4. The number of rotatable bonds is 19. The molecule has 2 bridgehead atoms. The van der Waals surface area contributed by atoms with E-state index in [2.05, 4.69) is 53.7 Å². The molecule has 4 heterocycles. The van der Waals surface area contributed by atoms with Crippen molar-refractivity contribution in [2.75, 3.05) is 32.8 Å². The highest BCUT2D eigenvalue weighted by atomic mass is 31.2. The fraction of sp³-hybridized carbons (Fsp3) is 0.367. The predicted octanol–water partition coefficient (Wildman–Crippen LogP) is 8.82. The molecule has 2 aliphatic rings. The van der Waals surface area contributed by atoms with E-state index in [4.69, 9.17) is 37.7 Å². The molecule has 6 atom stereocenters. The Bertz CT molecular complexity index is 2520. The molecule has 65 heavy (non-hydrogen) atoms. The first kappa shape index (κ1) is 45.7. The third-order valence-electron chi connectivity index (χ3n) is 11.9. The molecule has 0 spiro atoms. The maximum absolute atomic E-state index is 13.3. The second-order valence-electron chi connectivity index (χ2n) is 16.4. The lowest BCUT2D eigenvalue weighted by Crippen LogP contribution is -2.53. The molecule has 2 fully saturated rings. The minimum Gasteiger partial charge on any atom is -0.497 e. The van der Waals surface area contributed by atoms with Gasteiger partial charge in [0, 0.05) is 17.6 Å². The van der Waals surface area contributed by atoms with Gasteiger partial charge in [0.15, 0.2) is 23.2 Å². The number of ether oxygens (including phenoxy) is 5. The highest BCUT2D eigenvalue weighted by Gasteiger charge is 2.68. The van der Waals surface area contributed by atoms with Crippen molar-refractivity contribution < 1.29 is 37.5 Å². The smallest absolute Gasteiger partial charge is 0.259 e. The summed E-state index contributed by atoms with van der Waals surface area (Å²) in [5.41, 5.74) is 1.36. The van der Waals surface area contributed by atoms with E-state index in [-0.39, 0.29) is 43.4 Å². The Morgan fingerprint density at radius 2 is 1.48 bits per heavy atom. The van der Waals surface area contributed by atoms with Crippen LogP contribution < -0.4 is 14.8 Å². The molecule has 0 radical (unpaired) electrons. The van der Waals surface area contributed by atoms with Crippen molar-refractivity contribution in [2.45, 2.75) is 88.9 Å². The lowest BCUT2D eigenvalue weighted by molar-refractivity contribution is -0.230. The van der Waals surface area contributed by atoms with Crippen LogP contribution in [-0.2, 0) is 28.9 Å². The van der Waals surface area contributed by atoms with Crippen LogP contribution >= 0.6 is 8.53 Å². The summed E-state index contributed by atoms with van der Waals surface area (Å²) < 4.78 is 50.9. The molecule has 0 aliphatic carbocycles. The topological polar surface area (TPSA) is 164 Å². The Morgan fingerprint density at radius 1 is 0.877 bits per heavy atom. The Hall–Kier alpha value is -5.82. The largest absolute Gasteiger partial charge is 0.497 e. The van der Waals surface area contributed by atoms with E-state index >= 15 is 0 Å². The summed E-state index contributed by atoms with van der Waals surface area (Å²) in [5.74, 6) is 1.31. The average molecular weight is 900 g/mol. The molecule has 1 unspecified atom stereocenters. The number of nitrogens with one attached hydrogen (secondary N) is 1. The number of carbonyl (C=O) groups excluding carboxylic acids is 1. The van der Waals surface area contributed by atoms with Crippen molar-refractivity contribution >= 4 is 31.4 Å². The van der Waals surface area contributed by atoms with Gasteiger partial charge in [-0.3, -0.25) is 9.36 Å². The monoisotopic (exact) mass is 899 g/mol. The molecule has 1 N–H and O–H groups in total. The number of imidazole rings is 1. The van der Waals surface area contributed by atoms with E-state index in [9.17, 15) is 10.1 Å². The maximum atomic E-state index is 13.3. The summed E-state index contributed by atoms with van der Waals surface area (Å²) in [6, 6.07) is 36.9. The van der Waals surface area contributed by atoms with E-state index in [1.165, 1.54) is 6.33 Å². The molecule has 4 aromatic carbocycles. The summed E-state index contributed by atoms with van der Waals surface area (Å²) in [5, 5.41) is 12.4. The van der Waals surface area contributed by atoms with E-state index in [0.29, 0.717) is 28.2 Å². The van der Waals surface area contributed by atoms with Crippen LogP contribution in [0, 0.1) is 11.3 Å². The quantitative estimate of drug-likeness (QED) is 0.0466. The zero-order chi connectivity index (χ0) is 45.7. The number of carbonyl (C=O) groups is 1. The molecule has 1 amide bonds. The number of methoxy groups -OCH3 is 2. The van der Waals surface area contributed by atoms with Crippen LogP contribution in [0.1, 0.15) is 74.3 Å². The second kappa shape index (κ2) is 19.7. The van der Waals surface area contributed by atoms with Crippen molar-refractivity contribution in [3.05, 3.63) is 144 Å². The van der Waals surface area contributed by atoms with Gasteiger partial charge in [-0.2, -0.15) is 5.26 Å². The second-order valence-corrected chi connectivity index (χ2v) is 17.8. The van der Waals surface area contributed by atoms with Gasteiger partial charge in [-0.25, -0.2) is 19.6 Å². The van der Waals surface area contributed by atoms with Crippen molar-refractivity contribution in [1.82, 2.24) is 24.2 Å². The van der Waals surface area contributed by atoms with E-state index < -0.39 is 44.3 Å². The van der Waals surface area contributed by atoms with Crippen LogP contribution in [0.4, 0.5) is 5.82 Å². The van der Waals surface area contributed by atoms with Crippen LogP contribution in [0.5, 0.6) is 11.5 Å².